The van der Waals surface area contributed by atoms with E-state index in [0.717, 1.165) is 26.2 Å². The Balaban J connectivity index is 0.00000133. The van der Waals surface area contributed by atoms with Crippen molar-refractivity contribution in [1.82, 2.24) is 20.4 Å². The number of fused-ring (bicyclic) bond motifs is 1. The standard InChI is InChI=1S/C12H20N4O2.ClH/c1-12(2-3-13-7-12)8-15-4-5-16-9(6-15)10(17)14-11(16)18;/h9,13H,2-8H2,1H3,(H,14,17,18);1H. The monoisotopic (exact) mass is 288 g/mol. The van der Waals surface area contributed by atoms with Gasteiger partial charge in [0.1, 0.15) is 6.04 Å². The summed E-state index contributed by atoms with van der Waals surface area (Å²) in [4.78, 5) is 27.2. The van der Waals surface area contributed by atoms with E-state index in [1.807, 2.05) is 0 Å². The van der Waals surface area contributed by atoms with E-state index in [9.17, 15) is 9.59 Å². The van der Waals surface area contributed by atoms with Gasteiger partial charge in [-0.1, -0.05) is 6.92 Å². The molecule has 0 aromatic carbocycles. The van der Waals surface area contributed by atoms with Crippen molar-refractivity contribution >= 4 is 24.3 Å². The highest BCUT2D eigenvalue weighted by Crippen LogP contribution is 2.27. The third-order valence-corrected chi connectivity index (χ3v) is 4.32. The molecule has 3 saturated heterocycles. The lowest BCUT2D eigenvalue weighted by molar-refractivity contribution is -0.123. The summed E-state index contributed by atoms with van der Waals surface area (Å²) in [6.45, 7) is 7.62. The van der Waals surface area contributed by atoms with Crippen LogP contribution in [-0.2, 0) is 4.79 Å². The molecule has 0 aromatic heterocycles. The van der Waals surface area contributed by atoms with E-state index in [1.165, 1.54) is 6.42 Å². The Hall–Kier alpha value is -0.850. The van der Waals surface area contributed by atoms with Crippen LogP contribution in [0.25, 0.3) is 0 Å². The van der Waals surface area contributed by atoms with Gasteiger partial charge in [0.25, 0.3) is 5.91 Å². The Morgan fingerprint density at radius 1 is 1.37 bits per heavy atom. The van der Waals surface area contributed by atoms with Crippen LogP contribution in [0.4, 0.5) is 4.79 Å². The van der Waals surface area contributed by atoms with Crippen LogP contribution in [0.2, 0.25) is 0 Å². The second-order valence-electron chi connectivity index (χ2n) is 5.98. The first-order valence-electron chi connectivity index (χ1n) is 6.62. The highest BCUT2D eigenvalue weighted by molar-refractivity contribution is 6.04. The van der Waals surface area contributed by atoms with Crippen molar-refractivity contribution in [3.8, 4) is 0 Å². The molecule has 3 aliphatic heterocycles. The molecule has 3 aliphatic rings. The first-order chi connectivity index (χ1) is 8.57. The summed E-state index contributed by atoms with van der Waals surface area (Å²) < 4.78 is 0. The number of piperazine rings is 1. The van der Waals surface area contributed by atoms with Gasteiger partial charge in [0.05, 0.1) is 0 Å². The maximum absolute atomic E-state index is 11.7. The van der Waals surface area contributed by atoms with Crippen LogP contribution in [0.3, 0.4) is 0 Å². The fraction of sp³-hybridized carbons (Fsp3) is 0.833. The number of hydrogen-bond donors (Lipinski definition) is 2. The third kappa shape index (κ3) is 2.70. The van der Waals surface area contributed by atoms with Crippen LogP contribution >= 0.6 is 12.4 Å². The average molecular weight is 289 g/mol. The fourth-order valence-electron chi connectivity index (χ4n) is 3.25. The molecule has 0 spiro atoms. The number of nitrogens with one attached hydrogen (secondary N) is 2. The minimum Gasteiger partial charge on any atom is -0.316 e. The number of carbonyl (C=O) groups excluding carboxylic acids is 2. The van der Waals surface area contributed by atoms with Crippen molar-refractivity contribution in [3.63, 3.8) is 0 Å². The fourth-order valence-corrected chi connectivity index (χ4v) is 3.25. The van der Waals surface area contributed by atoms with Gasteiger partial charge >= 0.3 is 6.03 Å². The zero-order chi connectivity index (χ0) is 12.8. The molecule has 6 nitrogen and oxygen atoms in total. The Labute approximate surface area is 119 Å². The molecule has 3 rings (SSSR count). The quantitative estimate of drug-likeness (QED) is 0.682. The summed E-state index contributed by atoms with van der Waals surface area (Å²) >= 11 is 0. The summed E-state index contributed by atoms with van der Waals surface area (Å²) in [6.07, 6.45) is 1.18. The van der Waals surface area contributed by atoms with Gasteiger partial charge < -0.3 is 10.2 Å². The molecule has 3 amide bonds. The van der Waals surface area contributed by atoms with Gasteiger partial charge in [-0.3, -0.25) is 15.0 Å². The van der Waals surface area contributed by atoms with Crippen LogP contribution in [0, 0.1) is 5.41 Å². The molecule has 0 saturated carbocycles. The van der Waals surface area contributed by atoms with Gasteiger partial charge in [-0.2, -0.15) is 0 Å². The van der Waals surface area contributed by atoms with E-state index in [1.54, 1.807) is 4.90 Å². The number of imide groups is 1. The predicted octanol–water partition coefficient (Wildman–Crippen LogP) is -0.356. The molecule has 3 fully saturated rings. The molecule has 0 aliphatic carbocycles. The maximum atomic E-state index is 11.7. The molecule has 2 N–H and O–H groups in total. The molecule has 7 heteroatoms. The lowest BCUT2D eigenvalue weighted by Crippen LogP contribution is -2.55. The number of amides is 3. The van der Waals surface area contributed by atoms with Gasteiger partial charge in [-0.25, -0.2) is 4.79 Å². The first kappa shape index (κ1) is 14.6. The molecule has 0 radical (unpaired) electrons. The Morgan fingerprint density at radius 2 is 2.16 bits per heavy atom. The minimum atomic E-state index is -0.274. The second-order valence-corrected chi connectivity index (χ2v) is 5.98. The van der Waals surface area contributed by atoms with Crippen LogP contribution in [0.5, 0.6) is 0 Å². The summed E-state index contributed by atoms with van der Waals surface area (Å²) in [5.41, 5.74) is 0.307. The molecule has 2 unspecified atom stereocenters. The number of rotatable bonds is 2. The predicted molar refractivity (Wildman–Crippen MR) is 73.3 cm³/mol. The van der Waals surface area contributed by atoms with Crippen molar-refractivity contribution < 1.29 is 9.59 Å². The molecule has 3 heterocycles. The van der Waals surface area contributed by atoms with E-state index >= 15 is 0 Å². The number of halogens is 1. The van der Waals surface area contributed by atoms with Crippen LogP contribution in [0.1, 0.15) is 13.3 Å². The lowest BCUT2D eigenvalue weighted by Gasteiger charge is -2.39. The minimum absolute atomic E-state index is 0. The van der Waals surface area contributed by atoms with E-state index in [4.69, 9.17) is 0 Å². The number of hydrogen-bond acceptors (Lipinski definition) is 4. The zero-order valence-electron chi connectivity index (χ0n) is 11.1. The van der Waals surface area contributed by atoms with Gasteiger partial charge in [0.15, 0.2) is 0 Å². The van der Waals surface area contributed by atoms with Gasteiger partial charge in [0.2, 0.25) is 0 Å². The van der Waals surface area contributed by atoms with Crippen molar-refractivity contribution in [2.75, 3.05) is 39.3 Å². The van der Waals surface area contributed by atoms with Gasteiger partial charge in [-0.15, -0.1) is 12.4 Å². The smallest absolute Gasteiger partial charge is 0.316 e. The number of nitrogens with zero attached hydrogens (tertiary/aromatic N) is 2. The first-order valence-corrected chi connectivity index (χ1v) is 6.62. The normalized spacial score (nSPS) is 35.0. The van der Waals surface area contributed by atoms with E-state index < -0.39 is 0 Å². The lowest BCUT2D eigenvalue weighted by atomic mass is 9.89. The van der Waals surface area contributed by atoms with Gasteiger partial charge in [0, 0.05) is 32.7 Å². The largest absolute Gasteiger partial charge is 0.324 e. The SMILES string of the molecule is CC1(CN2CCN3C(=O)NC(=O)C3C2)CCNC1.Cl. The summed E-state index contributed by atoms with van der Waals surface area (Å²) in [5.74, 6) is -0.139. The van der Waals surface area contributed by atoms with Crippen molar-refractivity contribution in [3.05, 3.63) is 0 Å². The summed E-state index contributed by atoms with van der Waals surface area (Å²) in [5, 5.41) is 5.79. The zero-order valence-corrected chi connectivity index (χ0v) is 12.0. The highest BCUT2D eigenvalue weighted by Gasteiger charge is 2.43. The van der Waals surface area contributed by atoms with Gasteiger partial charge in [-0.05, 0) is 18.4 Å². The maximum Gasteiger partial charge on any atom is 0.324 e. The van der Waals surface area contributed by atoms with E-state index in [-0.39, 0.29) is 30.4 Å². The van der Waals surface area contributed by atoms with Crippen LogP contribution in [0.15, 0.2) is 0 Å². The molecule has 0 aromatic rings. The molecular formula is C12H21ClN4O2. The summed E-state index contributed by atoms with van der Waals surface area (Å²) in [7, 11) is 0. The second kappa shape index (κ2) is 5.26. The number of urea groups is 1. The molecule has 0 bridgehead atoms. The van der Waals surface area contributed by atoms with Crippen molar-refractivity contribution in [2.24, 2.45) is 5.41 Å². The van der Waals surface area contributed by atoms with Crippen LogP contribution in [-0.4, -0.2) is 67.0 Å². The topological polar surface area (TPSA) is 64.7 Å². The molecular weight excluding hydrogens is 268 g/mol. The van der Waals surface area contributed by atoms with E-state index in [0.29, 0.717) is 18.5 Å². The Morgan fingerprint density at radius 3 is 2.84 bits per heavy atom. The molecule has 108 valence electrons. The summed E-state index contributed by atoms with van der Waals surface area (Å²) in [6, 6.07) is -0.498. The van der Waals surface area contributed by atoms with Crippen molar-refractivity contribution in [1.29, 1.82) is 0 Å². The molecule has 19 heavy (non-hydrogen) atoms. The molecule has 2 atom stereocenters. The average Bonchev–Trinajstić information content (AvgIpc) is 2.85. The Kier molecular flexibility index (Phi) is 4.03. The third-order valence-electron chi connectivity index (χ3n) is 4.32. The highest BCUT2D eigenvalue weighted by atomic mass is 35.5. The van der Waals surface area contributed by atoms with Crippen molar-refractivity contribution in [2.45, 2.75) is 19.4 Å². The van der Waals surface area contributed by atoms with E-state index in [2.05, 4.69) is 22.5 Å². The number of carbonyl (C=O) groups is 2. The van der Waals surface area contributed by atoms with Crippen LogP contribution < -0.4 is 10.6 Å². The Bertz CT molecular complexity index is 384.